The van der Waals surface area contributed by atoms with Gasteiger partial charge in [-0.1, -0.05) is 12.1 Å². The topological polar surface area (TPSA) is 210 Å². The van der Waals surface area contributed by atoms with Gasteiger partial charge in [0.25, 0.3) is 10.1 Å². The van der Waals surface area contributed by atoms with Crippen molar-refractivity contribution >= 4 is 34.0 Å². The largest absolute Gasteiger partial charge is 0.480 e. The molecular formula is C17H22N2O11S. The molecule has 0 amide bonds. The number of carbonyl (C=O) groups is 4. The van der Waals surface area contributed by atoms with Gasteiger partial charge < -0.3 is 20.4 Å². The number of rotatable bonds is 14. The van der Waals surface area contributed by atoms with Crippen molar-refractivity contribution in [3.8, 4) is 0 Å². The zero-order chi connectivity index (χ0) is 23.8. The van der Waals surface area contributed by atoms with E-state index in [0.717, 1.165) is 21.9 Å². The molecule has 0 aliphatic rings. The van der Waals surface area contributed by atoms with Crippen LogP contribution in [-0.4, -0.2) is 106 Å². The Morgan fingerprint density at radius 3 is 1.55 bits per heavy atom. The minimum Gasteiger partial charge on any atom is -0.480 e. The summed E-state index contributed by atoms with van der Waals surface area (Å²) in [6.07, 6.45) is -0.0535. The Balaban J connectivity index is 3.25. The molecule has 1 atom stereocenters. The van der Waals surface area contributed by atoms with Crippen LogP contribution in [0, 0.1) is 0 Å². The summed E-state index contributed by atoms with van der Waals surface area (Å²) in [4.78, 5) is 46.2. The molecule has 5 N–H and O–H groups in total. The fraction of sp³-hybridized carbons (Fsp3) is 0.412. The van der Waals surface area contributed by atoms with Crippen LogP contribution in [0.2, 0.25) is 0 Å². The normalized spacial score (nSPS) is 12.6. The van der Waals surface area contributed by atoms with E-state index in [0.29, 0.717) is 5.56 Å². The first-order valence-corrected chi connectivity index (χ1v) is 10.1. The molecule has 14 heteroatoms. The van der Waals surface area contributed by atoms with Gasteiger partial charge in [-0.25, -0.2) is 0 Å². The molecule has 0 radical (unpaired) electrons. The fourth-order valence-electron chi connectivity index (χ4n) is 2.91. The minimum atomic E-state index is -4.45. The molecule has 0 saturated carbocycles. The standard InChI is InChI=1S/C17H22N2O11S/c20-14(21)7-18(8-15(22)23)6-12(19(9-16(24)25)10-17(26)27)5-11-1-3-13(4-2-11)31(28,29)30/h1-4,12H,5-10H2,(H,20,21)(H,22,23)(H,24,25)(H,26,27)(H,28,29,30). The number of hydrogen-bond donors (Lipinski definition) is 5. The number of carboxylic acids is 4. The molecule has 0 aromatic heterocycles. The maximum atomic E-state index is 11.2. The quantitative estimate of drug-likeness (QED) is 0.206. The average Bonchev–Trinajstić information content (AvgIpc) is 2.58. The van der Waals surface area contributed by atoms with Gasteiger partial charge in [-0.2, -0.15) is 8.42 Å². The molecule has 1 aromatic rings. The lowest BCUT2D eigenvalue weighted by molar-refractivity contribution is -0.146. The van der Waals surface area contributed by atoms with Crippen molar-refractivity contribution in [3.63, 3.8) is 0 Å². The van der Waals surface area contributed by atoms with Crippen molar-refractivity contribution in [1.29, 1.82) is 0 Å². The SMILES string of the molecule is O=C(O)CN(CC(=O)O)CC(Cc1ccc(S(=O)(=O)O)cc1)N(CC(=O)O)CC(=O)O. The minimum absolute atomic E-state index is 0.0535. The van der Waals surface area contributed by atoms with Crippen molar-refractivity contribution < 1.29 is 52.6 Å². The number of benzene rings is 1. The second-order valence-corrected chi connectivity index (χ2v) is 8.05. The van der Waals surface area contributed by atoms with Crippen LogP contribution in [0.25, 0.3) is 0 Å². The Kier molecular flexibility index (Phi) is 9.51. The smallest absolute Gasteiger partial charge is 0.317 e. The molecule has 0 bridgehead atoms. The molecule has 0 aliphatic carbocycles. The van der Waals surface area contributed by atoms with Gasteiger partial charge in [0.2, 0.25) is 0 Å². The summed E-state index contributed by atoms with van der Waals surface area (Å²) in [6, 6.07) is 3.87. The van der Waals surface area contributed by atoms with E-state index in [2.05, 4.69) is 0 Å². The third-order valence-corrected chi connectivity index (χ3v) is 4.94. The first-order valence-electron chi connectivity index (χ1n) is 8.68. The molecule has 1 rings (SSSR count). The summed E-state index contributed by atoms with van der Waals surface area (Å²) < 4.78 is 31.4. The first kappa shape index (κ1) is 26.0. The van der Waals surface area contributed by atoms with Crippen LogP contribution in [0.15, 0.2) is 29.2 Å². The zero-order valence-corrected chi connectivity index (χ0v) is 16.9. The van der Waals surface area contributed by atoms with Crippen LogP contribution >= 0.6 is 0 Å². The van der Waals surface area contributed by atoms with Gasteiger partial charge in [0, 0.05) is 12.6 Å². The van der Waals surface area contributed by atoms with E-state index in [4.69, 9.17) is 25.0 Å². The molecule has 0 saturated heterocycles. The van der Waals surface area contributed by atoms with E-state index in [1.807, 2.05) is 0 Å². The van der Waals surface area contributed by atoms with Crippen LogP contribution in [0.4, 0.5) is 0 Å². The average molecular weight is 462 g/mol. The van der Waals surface area contributed by atoms with Crippen LogP contribution in [0.3, 0.4) is 0 Å². The van der Waals surface area contributed by atoms with Gasteiger partial charge in [-0.3, -0.25) is 33.5 Å². The van der Waals surface area contributed by atoms with Crippen molar-refractivity contribution in [2.24, 2.45) is 0 Å². The van der Waals surface area contributed by atoms with Crippen molar-refractivity contribution in [2.45, 2.75) is 17.4 Å². The highest BCUT2D eigenvalue weighted by molar-refractivity contribution is 7.85. The van der Waals surface area contributed by atoms with Crippen LogP contribution in [-0.2, 0) is 35.7 Å². The van der Waals surface area contributed by atoms with E-state index in [-0.39, 0.29) is 17.9 Å². The Morgan fingerprint density at radius 2 is 1.19 bits per heavy atom. The molecule has 31 heavy (non-hydrogen) atoms. The predicted molar refractivity (Wildman–Crippen MR) is 102 cm³/mol. The van der Waals surface area contributed by atoms with Gasteiger partial charge in [0.1, 0.15) is 0 Å². The molecule has 172 valence electrons. The monoisotopic (exact) mass is 462 g/mol. The van der Waals surface area contributed by atoms with Crippen LogP contribution in [0.1, 0.15) is 5.56 Å². The van der Waals surface area contributed by atoms with Gasteiger partial charge in [0.15, 0.2) is 0 Å². The van der Waals surface area contributed by atoms with Gasteiger partial charge in [-0.05, 0) is 24.1 Å². The van der Waals surface area contributed by atoms with Gasteiger partial charge >= 0.3 is 23.9 Å². The molecule has 0 fully saturated rings. The lowest BCUT2D eigenvalue weighted by Crippen LogP contribution is -2.50. The summed E-state index contributed by atoms with van der Waals surface area (Å²) in [6.45, 7) is -3.09. The van der Waals surface area contributed by atoms with Crippen molar-refractivity contribution in [1.82, 2.24) is 9.80 Å². The van der Waals surface area contributed by atoms with E-state index in [1.165, 1.54) is 12.1 Å². The third-order valence-electron chi connectivity index (χ3n) is 4.07. The number of aliphatic carboxylic acids is 4. The number of nitrogens with zero attached hydrogens (tertiary/aromatic N) is 2. The Hall–Kier alpha value is -3.07. The van der Waals surface area contributed by atoms with Gasteiger partial charge in [0.05, 0.1) is 31.1 Å². The molecular weight excluding hydrogens is 440 g/mol. The van der Waals surface area contributed by atoms with Crippen molar-refractivity contribution in [3.05, 3.63) is 29.8 Å². The number of hydrogen-bond acceptors (Lipinski definition) is 8. The predicted octanol–water partition coefficient (Wildman–Crippen LogP) is -1.21. The highest BCUT2D eigenvalue weighted by atomic mass is 32.2. The lowest BCUT2D eigenvalue weighted by atomic mass is 10.0. The summed E-state index contributed by atoms with van der Waals surface area (Å²) in [7, 11) is -4.45. The molecule has 1 unspecified atom stereocenters. The van der Waals surface area contributed by atoms with Crippen molar-refractivity contribution in [2.75, 3.05) is 32.7 Å². The van der Waals surface area contributed by atoms with E-state index >= 15 is 0 Å². The van der Waals surface area contributed by atoms with E-state index in [1.54, 1.807) is 0 Å². The lowest BCUT2D eigenvalue weighted by Gasteiger charge is -2.33. The summed E-state index contributed by atoms with van der Waals surface area (Å²) in [5.41, 5.74) is 0.420. The van der Waals surface area contributed by atoms with E-state index < -0.39 is 66.2 Å². The number of carboxylic acid groups (broad SMARTS) is 4. The fourth-order valence-corrected chi connectivity index (χ4v) is 3.39. The van der Waals surface area contributed by atoms with Gasteiger partial charge in [-0.15, -0.1) is 0 Å². The Morgan fingerprint density at radius 1 is 0.774 bits per heavy atom. The maximum Gasteiger partial charge on any atom is 0.317 e. The second kappa shape index (κ2) is 11.4. The second-order valence-electron chi connectivity index (χ2n) is 6.63. The highest BCUT2D eigenvalue weighted by Gasteiger charge is 2.27. The molecule has 0 spiro atoms. The van der Waals surface area contributed by atoms with Crippen LogP contribution in [0.5, 0.6) is 0 Å². The summed E-state index contributed by atoms with van der Waals surface area (Å²) in [5.74, 6) is -5.37. The van der Waals surface area contributed by atoms with E-state index in [9.17, 15) is 27.6 Å². The first-order chi connectivity index (χ1) is 14.3. The molecule has 1 aromatic carbocycles. The van der Waals surface area contributed by atoms with Crippen LogP contribution < -0.4 is 0 Å². The molecule has 13 nitrogen and oxygen atoms in total. The molecule has 0 aliphatic heterocycles. The Bertz CT molecular complexity index is 883. The summed E-state index contributed by atoms with van der Waals surface area (Å²) >= 11 is 0. The third kappa shape index (κ3) is 9.99. The zero-order valence-electron chi connectivity index (χ0n) is 16.1. The highest BCUT2D eigenvalue weighted by Crippen LogP contribution is 2.15. The Labute approximate surface area is 176 Å². The maximum absolute atomic E-state index is 11.2. The summed E-state index contributed by atoms with van der Waals surface area (Å²) in [5, 5.41) is 36.3. The molecule has 0 heterocycles.